The minimum atomic E-state index is -0.298. The summed E-state index contributed by atoms with van der Waals surface area (Å²) < 4.78 is 16.0. The van der Waals surface area contributed by atoms with E-state index in [2.05, 4.69) is 20.7 Å². The number of carbonyl (C=O) groups excluding carboxylic acids is 2. The van der Waals surface area contributed by atoms with Gasteiger partial charge in [0.25, 0.3) is 0 Å². The quantitative estimate of drug-likeness (QED) is 0.483. The predicted molar refractivity (Wildman–Crippen MR) is 128 cm³/mol. The molecule has 0 bridgehead atoms. The maximum absolute atomic E-state index is 13.3. The number of aromatic nitrogens is 4. The number of hydrogen-bond acceptors (Lipinski definition) is 8. The van der Waals surface area contributed by atoms with E-state index in [4.69, 9.17) is 14.2 Å². The highest BCUT2D eigenvalue weighted by Crippen LogP contribution is 2.32. The molecule has 1 aliphatic heterocycles. The van der Waals surface area contributed by atoms with Crippen LogP contribution in [-0.4, -0.2) is 63.4 Å². The summed E-state index contributed by atoms with van der Waals surface area (Å²) in [5.41, 5.74) is 1.58. The van der Waals surface area contributed by atoms with Gasteiger partial charge in [0.05, 0.1) is 13.7 Å². The van der Waals surface area contributed by atoms with Crippen LogP contribution in [0.3, 0.4) is 0 Å². The molecule has 5 rings (SSSR count). The van der Waals surface area contributed by atoms with Crippen LogP contribution in [0, 0.1) is 0 Å². The summed E-state index contributed by atoms with van der Waals surface area (Å²) in [4.78, 5) is 28.8. The molecule has 2 amide bonds. The van der Waals surface area contributed by atoms with Gasteiger partial charge in [-0.05, 0) is 60.0 Å². The second kappa shape index (κ2) is 10.6. The monoisotopic (exact) mass is 492 g/mol. The number of methoxy groups -OCH3 is 1. The summed E-state index contributed by atoms with van der Waals surface area (Å²) in [5.74, 6) is 1.92. The highest BCUT2D eigenvalue weighted by Gasteiger charge is 2.23. The Morgan fingerprint density at radius 2 is 1.89 bits per heavy atom. The fourth-order valence-corrected chi connectivity index (χ4v) is 4.40. The third-order valence-electron chi connectivity index (χ3n) is 6.30. The van der Waals surface area contributed by atoms with Crippen molar-refractivity contribution in [2.75, 3.05) is 20.4 Å². The van der Waals surface area contributed by atoms with Crippen molar-refractivity contribution in [3.8, 4) is 28.6 Å². The largest absolute Gasteiger partial charge is 0.497 e. The maximum Gasteiger partial charge on any atom is 0.247 e. The van der Waals surface area contributed by atoms with Crippen molar-refractivity contribution in [3.63, 3.8) is 0 Å². The Balaban J connectivity index is 1.29. The first kappa shape index (κ1) is 23.6. The van der Waals surface area contributed by atoms with E-state index in [9.17, 15) is 9.59 Å². The summed E-state index contributed by atoms with van der Waals surface area (Å²) in [6, 6.07) is 12.9. The molecule has 0 spiro atoms. The molecule has 2 aromatic carbocycles. The molecule has 1 saturated carbocycles. The van der Waals surface area contributed by atoms with Gasteiger partial charge >= 0.3 is 0 Å². The molecule has 0 unspecified atom stereocenters. The van der Waals surface area contributed by atoms with Gasteiger partial charge in [-0.1, -0.05) is 18.9 Å². The number of nitrogens with zero attached hydrogens (tertiary/aromatic N) is 5. The summed E-state index contributed by atoms with van der Waals surface area (Å²) in [7, 11) is 1.60. The zero-order valence-corrected chi connectivity index (χ0v) is 20.1. The third kappa shape index (κ3) is 5.56. The van der Waals surface area contributed by atoms with Gasteiger partial charge in [0.15, 0.2) is 11.5 Å². The van der Waals surface area contributed by atoms with E-state index in [1.54, 1.807) is 25.3 Å². The Kier molecular flexibility index (Phi) is 6.96. The molecule has 188 valence electrons. The molecule has 0 radical (unpaired) electrons. The van der Waals surface area contributed by atoms with Gasteiger partial charge in [0, 0.05) is 18.2 Å². The number of ether oxygens (including phenoxy) is 3. The Hall–Kier alpha value is -4.15. The van der Waals surface area contributed by atoms with Crippen LogP contribution in [0.4, 0.5) is 0 Å². The fraction of sp³-hybridized carbons (Fsp3) is 0.400. The fourth-order valence-electron chi connectivity index (χ4n) is 4.40. The average molecular weight is 493 g/mol. The van der Waals surface area contributed by atoms with Crippen molar-refractivity contribution < 1.29 is 23.8 Å². The van der Waals surface area contributed by atoms with Crippen LogP contribution in [0.2, 0.25) is 0 Å². The van der Waals surface area contributed by atoms with E-state index >= 15 is 0 Å². The van der Waals surface area contributed by atoms with Crippen molar-refractivity contribution in [2.45, 2.75) is 44.8 Å². The highest BCUT2D eigenvalue weighted by atomic mass is 16.7. The number of nitrogens with one attached hydrogen (secondary N) is 1. The normalized spacial score (nSPS) is 14.6. The molecule has 1 aromatic heterocycles. The van der Waals surface area contributed by atoms with Crippen LogP contribution in [-0.2, 0) is 22.7 Å². The molecule has 0 saturated heterocycles. The number of tetrazole rings is 1. The molecule has 3 aromatic rings. The van der Waals surface area contributed by atoms with Crippen LogP contribution in [0.1, 0.15) is 31.2 Å². The van der Waals surface area contributed by atoms with Gasteiger partial charge in [-0.3, -0.25) is 9.59 Å². The van der Waals surface area contributed by atoms with Gasteiger partial charge in [0.2, 0.25) is 24.4 Å². The summed E-state index contributed by atoms with van der Waals surface area (Å²) >= 11 is 0. The molecule has 2 heterocycles. The van der Waals surface area contributed by atoms with Crippen LogP contribution in [0.15, 0.2) is 42.5 Å². The van der Waals surface area contributed by atoms with E-state index in [0.29, 0.717) is 17.3 Å². The molecular formula is C25H28N6O5. The number of hydrogen-bond donors (Lipinski definition) is 1. The number of amides is 2. The lowest BCUT2D eigenvalue weighted by atomic mass is 10.2. The first-order valence-corrected chi connectivity index (χ1v) is 12.0. The predicted octanol–water partition coefficient (Wildman–Crippen LogP) is 2.16. The SMILES string of the molecule is COc1ccc(-c2nnn(CC(=O)N(CC(=O)NC3CCCC3)Cc3ccc4c(c3)OCO4)n2)cc1. The van der Waals surface area contributed by atoms with Crippen molar-refractivity contribution in [3.05, 3.63) is 48.0 Å². The standard InChI is InChI=1S/C25H28N6O5/c1-34-20-9-7-18(8-10-20)25-27-29-31(28-25)15-24(33)30(14-23(32)26-19-4-2-3-5-19)13-17-6-11-21-22(12-17)36-16-35-21/h6-12,19H,2-5,13-16H2,1H3,(H,26,32). The smallest absolute Gasteiger partial charge is 0.247 e. The van der Waals surface area contributed by atoms with E-state index in [0.717, 1.165) is 42.6 Å². The first-order chi connectivity index (χ1) is 17.6. The molecule has 11 heteroatoms. The van der Waals surface area contributed by atoms with Gasteiger partial charge in [-0.25, -0.2) is 0 Å². The van der Waals surface area contributed by atoms with Gasteiger partial charge in [0.1, 0.15) is 12.3 Å². The number of benzene rings is 2. The van der Waals surface area contributed by atoms with E-state index in [1.165, 1.54) is 9.70 Å². The van der Waals surface area contributed by atoms with E-state index < -0.39 is 0 Å². The molecule has 2 aliphatic rings. The molecule has 36 heavy (non-hydrogen) atoms. The van der Waals surface area contributed by atoms with Crippen LogP contribution in [0.5, 0.6) is 17.2 Å². The Bertz CT molecular complexity index is 1220. The second-order valence-electron chi connectivity index (χ2n) is 8.86. The summed E-state index contributed by atoms with van der Waals surface area (Å²) in [6.45, 7) is 0.182. The summed E-state index contributed by atoms with van der Waals surface area (Å²) in [6.07, 6.45) is 4.16. The third-order valence-corrected chi connectivity index (χ3v) is 6.30. The van der Waals surface area contributed by atoms with Gasteiger partial charge in [-0.2, -0.15) is 4.80 Å². The highest BCUT2D eigenvalue weighted by molar-refractivity contribution is 5.84. The number of rotatable bonds is 9. The second-order valence-corrected chi connectivity index (χ2v) is 8.86. The van der Waals surface area contributed by atoms with Crippen molar-refractivity contribution in [1.82, 2.24) is 30.4 Å². The van der Waals surface area contributed by atoms with Gasteiger partial charge in [-0.15, -0.1) is 10.2 Å². The van der Waals surface area contributed by atoms with E-state index in [1.807, 2.05) is 24.3 Å². The molecule has 1 fully saturated rings. The zero-order chi connectivity index (χ0) is 24.9. The van der Waals surface area contributed by atoms with Crippen molar-refractivity contribution in [1.29, 1.82) is 0 Å². The molecule has 1 N–H and O–H groups in total. The van der Waals surface area contributed by atoms with E-state index in [-0.39, 0.29) is 44.3 Å². The molecule has 0 atom stereocenters. The van der Waals surface area contributed by atoms with Gasteiger partial charge < -0.3 is 24.4 Å². The minimum Gasteiger partial charge on any atom is -0.497 e. The van der Waals surface area contributed by atoms with Crippen molar-refractivity contribution >= 4 is 11.8 Å². The Labute approximate surface area is 208 Å². The molecular weight excluding hydrogens is 464 g/mol. The van der Waals surface area contributed by atoms with Crippen LogP contribution < -0.4 is 19.5 Å². The first-order valence-electron chi connectivity index (χ1n) is 12.0. The summed E-state index contributed by atoms with van der Waals surface area (Å²) in [5, 5.41) is 15.5. The minimum absolute atomic E-state index is 0.0657. The van der Waals surface area contributed by atoms with Crippen LogP contribution in [0.25, 0.3) is 11.4 Å². The number of fused-ring (bicyclic) bond motifs is 1. The Morgan fingerprint density at radius 1 is 1.11 bits per heavy atom. The lowest BCUT2D eigenvalue weighted by molar-refractivity contribution is -0.137. The lowest BCUT2D eigenvalue weighted by Gasteiger charge is -2.23. The average Bonchev–Trinajstić information content (AvgIpc) is 3.66. The maximum atomic E-state index is 13.3. The molecule has 11 nitrogen and oxygen atoms in total. The molecule has 1 aliphatic carbocycles. The number of carbonyl (C=O) groups is 2. The Morgan fingerprint density at radius 3 is 2.67 bits per heavy atom. The van der Waals surface area contributed by atoms with Crippen molar-refractivity contribution in [2.24, 2.45) is 0 Å². The topological polar surface area (TPSA) is 121 Å². The zero-order valence-electron chi connectivity index (χ0n) is 20.1. The van der Waals surface area contributed by atoms with Crippen LogP contribution >= 0.6 is 0 Å². The lowest BCUT2D eigenvalue weighted by Crippen LogP contribution is -2.44.